The maximum absolute atomic E-state index is 12.8. The van der Waals surface area contributed by atoms with Gasteiger partial charge < -0.3 is 10.6 Å². The summed E-state index contributed by atoms with van der Waals surface area (Å²) in [6.45, 7) is 5.85. The van der Waals surface area contributed by atoms with Crippen LogP contribution in [-0.2, 0) is 17.9 Å². The summed E-state index contributed by atoms with van der Waals surface area (Å²) in [6, 6.07) is 8.20. The monoisotopic (exact) mass is 322 g/mol. The summed E-state index contributed by atoms with van der Waals surface area (Å²) < 4.78 is 0. The maximum Gasteiger partial charge on any atom is 0.227 e. The van der Waals surface area contributed by atoms with Gasteiger partial charge in [0.05, 0.1) is 19.0 Å². The van der Waals surface area contributed by atoms with Crippen LogP contribution in [0.1, 0.15) is 23.6 Å². The molecule has 3 nitrogen and oxygen atoms in total. The Balaban J connectivity index is 2.15. The van der Waals surface area contributed by atoms with Crippen LogP contribution >= 0.6 is 22.7 Å². The third kappa shape index (κ3) is 4.40. The van der Waals surface area contributed by atoms with E-state index in [0.29, 0.717) is 19.6 Å². The van der Waals surface area contributed by atoms with Crippen molar-refractivity contribution in [2.24, 2.45) is 17.6 Å². The molecule has 0 fully saturated rings. The largest absolute Gasteiger partial charge is 0.332 e. The molecular weight excluding hydrogens is 300 g/mol. The SMILES string of the molecule is CC(C)C(CN)C(=O)N(Cc1cccs1)Cc1cccs1. The zero-order chi connectivity index (χ0) is 15.2. The first-order chi connectivity index (χ1) is 10.1. The van der Waals surface area contributed by atoms with Gasteiger partial charge in [0.15, 0.2) is 0 Å². The summed E-state index contributed by atoms with van der Waals surface area (Å²) in [6.07, 6.45) is 0. The summed E-state index contributed by atoms with van der Waals surface area (Å²) in [5.41, 5.74) is 5.82. The Morgan fingerprint density at radius 2 is 1.67 bits per heavy atom. The van der Waals surface area contributed by atoms with Crippen LogP contribution in [0.4, 0.5) is 0 Å². The second kappa shape index (κ2) is 7.73. The van der Waals surface area contributed by atoms with Crippen LogP contribution in [0.3, 0.4) is 0 Å². The topological polar surface area (TPSA) is 46.3 Å². The lowest BCUT2D eigenvalue weighted by Crippen LogP contribution is -2.40. The molecule has 0 aliphatic heterocycles. The van der Waals surface area contributed by atoms with Gasteiger partial charge in [0.2, 0.25) is 5.91 Å². The second-order valence-corrected chi connectivity index (χ2v) is 7.50. The highest BCUT2D eigenvalue weighted by Gasteiger charge is 2.26. The summed E-state index contributed by atoms with van der Waals surface area (Å²) in [5.74, 6) is 0.316. The molecule has 2 heterocycles. The van der Waals surface area contributed by atoms with Gasteiger partial charge in [-0.1, -0.05) is 26.0 Å². The van der Waals surface area contributed by atoms with E-state index in [-0.39, 0.29) is 17.7 Å². The molecule has 0 radical (unpaired) electrons. The van der Waals surface area contributed by atoms with Crippen LogP contribution in [-0.4, -0.2) is 17.4 Å². The van der Waals surface area contributed by atoms with Gasteiger partial charge in [0.1, 0.15) is 0 Å². The van der Waals surface area contributed by atoms with Crippen molar-refractivity contribution in [1.29, 1.82) is 0 Å². The minimum Gasteiger partial charge on any atom is -0.332 e. The Morgan fingerprint density at radius 3 is 2.00 bits per heavy atom. The second-order valence-electron chi connectivity index (χ2n) is 5.44. The normalized spacial score (nSPS) is 12.6. The van der Waals surface area contributed by atoms with Crippen molar-refractivity contribution in [2.75, 3.05) is 6.54 Å². The first-order valence-corrected chi connectivity index (χ1v) is 8.91. The minimum absolute atomic E-state index is 0.107. The molecule has 0 aliphatic carbocycles. The van der Waals surface area contributed by atoms with Gasteiger partial charge in [0, 0.05) is 16.3 Å². The molecular formula is C16H22N2OS2. The van der Waals surface area contributed by atoms with Crippen molar-refractivity contribution in [3.05, 3.63) is 44.8 Å². The fraction of sp³-hybridized carbons (Fsp3) is 0.438. The van der Waals surface area contributed by atoms with Crippen molar-refractivity contribution < 1.29 is 4.79 Å². The standard InChI is InChI=1S/C16H22N2OS2/c1-12(2)15(9-17)16(19)18(10-13-5-3-7-20-13)11-14-6-4-8-21-14/h3-8,12,15H,9-11,17H2,1-2H3. The molecule has 0 aliphatic rings. The number of thiophene rings is 2. The Bertz CT molecular complexity index is 498. The zero-order valence-electron chi connectivity index (χ0n) is 12.5. The summed E-state index contributed by atoms with van der Waals surface area (Å²) in [7, 11) is 0. The van der Waals surface area contributed by atoms with E-state index in [1.165, 1.54) is 9.75 Å². The van der Waals surface area contributed by atoms with E-state index in [2.05, 4.69) is 26.0 Å². The van der Waals surface area contributed by atoms with Gasteiger partial charge in [-0.2, -0.15) is 0 Å². The third-order valence-corrected chi connectivity index (χ3v) is 5.26. The van der Waals surface area contributed by atoms with Gasteiger partial charge in [-0.3, -0.25) is 4.79 Å². The number of carbonyl (C=O) groups is 1. The van der Waals surface area contributed by atoms with Crippen molar-refractivity contribution in [3.8, 4) is 0 Å². The molecule has 2 rings (SSSR count). The number of nitrogens with zero attached hydrogens (tertiary/aromatic N) is 1. The van der Waals surface area contributed by atoms with Gasteiger partial charge >= 0.3 is 0 Å². The van der Waals surface area contributed by atoms with E-state index in [0.717, 1.165) is 0 Å². The molecule has 1 unspecified atom stereocenters. The van der Waals surface area contributed by atoms with Gasteiger partial charge in [-0.05, 0) is 28.8 Å². The summed E-state index contributed by atoms with van der Waals surface area (Å²) in [5, 5.41) is 4.10. The first kappa shape index (κ1) is 16.2. The van der Waals surface area contributed by atoms with Gasteiger partial charge in [-0.15, -0.1) is 22.7 Å². The molecule has 0 bridgehead atoms. The van der Waals surface area contributed by atoms with Gasteiger partial charge in [-0.25, -0.2) is 0 Å². The van der Waals surface area contributed by atoms with Crippen LogP contribution in [0.25, 0.3) is 0 Å². The van der Waals surface area contributed by atoms with E-state index < -0.39 is 0 Å². The lowest BCUT2D eigenvalue weighted by Gasteiger charge is -2.28. The Morgan fingerprint density at radius 1 is 1.14 bits per heavy atom. The Kier molecular flexibility index (Phi) is 5.96. The highest BCUT2D eigenvalue weighted by atomic mass is 32.1. The quantitative estimate of drug-likeness (QED) is 0.847. The van der Waals surface area contributed by atoms with Crippen LogP contribution in [0.15, 0.2) is 35.0 Å². The molecule has 21 heavy (non-hydrogen) atoms. The predicted octanol–water partition coefficient (Wildman–Crippen LogP) is 3.57. The maximum atomic E-state index is 12.8. The highest BCUT2D eigenvalue weighted by molar-refractivity contribution is 7.10. The fourth-order valence-corrected chi connectivity index (χ4v) is 3.72. The lowest BCUT2D eigenvalue weighted by molar-refractivity contribution is -0.137. The number of hydrogen-bond donors (Lipinski definition) is 1. The fourth-order valence-electron chi connectivity index (χ4n) is 2.29. The zero-order valence-corrected chi connectivity index (χ0v) is 14.1. The van der Waals surface area contributed by atoms with Crippen molar-refractivity contribution >= 4 is 28.6 Å². The number of rotatable bonds is 7. The van der Waals surface area contributed by atoms with Crippen LogP contribution in [0, 0.1) is 11.8 Å². The van der Waals surface area contributed by atoms with E-state index in [9.17, 15) is 4.79 Å². The van der Waals surface area contributed by atoms with Crippen molar-refractivity contribution in [1.82, 2.24) is 4.90 Å². The molecule has 0 saturated carbocycles. The molecule has 0 aromatic carbocycles. The van der Waals surface area contributed by atoms with E-state index in [1.807, 2.05) is 27.8 Å². The van der Waals surface area contributed by atoms with Crippen LogP contribution < -0.4 is 5.73 Å². The summed E-state index contributed by atoms with van der Waals surface area (Å²) in [4.78, 5) is 17.2. The van der Waals surface area contributed by atoms with Crippen molar-refractivity contribution in [3.63, 3.8) is 0 Å². The van der Waals surface area contributed by atoms with E-state index in [1.54, 1.807) is 22.7 Å². The van der Waals surface area contributed by atoms with Crippen LogP contribution in [0.2, 0.25) is 0 Å². The number of carbonyl (C=O) groups excluding carboxylic acids is 1. The van der Waals surface area contributed by atoms with Crippen molar-refractivity contribution in [2.45, 2.75) is 26.9 Å². The minimum atomic E-state index is -0.107. The number of amides is 1. The number of nitrogens with two attached hydrogens (primary N) is 1. The van der Waals surface area contributed by atoms with Gasteiger partial charge in [0.25, 0.3) is 0 Å². The third-order valence-electron chi connectivity index (χ3n) is 3.54. The lowest BCUT2D eigenvalue weighted by atomic mass is 9.94. The summed E-state index contributed by atoms with van der Waals surface area (Å²) >= 11 is 3.37. The average molecular weight is 322 g/mol. The molecule has 5 heteroatoms. The van der Waals surface area contributed by atoms with E-state index >= 15 is 0 Å². The molecule has 2 N–H and O–H groups in total. The molecule has 2 aromatic rings. The number of hydrogen-bond acceptors (Lipinski definition) is 4. The highest BCUT2D eigenvalue weighted by Crippen LogP contribution is 2.21. The van der Waals surface area contributed by atoms with E-state index in [4.69, 9.17) is 5.73 Å². The average Bonchev–Trinajstić information content (AvgIpc) is 3.11. The molecule has 0 spiro atoms. The molecule has 0 saturated heterocycles. The molecule has 1 amide bonds. The Hall–Kier alpha value is -1.17. The van der Waals surface area contributed by atoms with Crippen LogP contribution in [0.5, 0.6) is 0 Å². The molecule has 1 atom stereocenters. The molecule has 114 valence electrons. The Labute approximate surface area is 134 Å². The first-order valence-electron chi connectivity index (χ1n) is 7.15. The molecule has 2 aromatic heterocycles. The smallest absolute Gasteiger partial charge is 0.227 e. The predicted molar refractivity (Wildman–Crippen MR) is 90.3 cm³/mol.